The summed E-state index contributed by atoms with van der Waals surface area (Å²) >= 11 is 11.7. The predicted octanol–water partition coefficient (Wildman–Crippen LogP) is 3.96. The van der Waals surface area contributed by atoms with E-state index in [0.29, 0.717) is 16.5 Å². The van der Waals surface area contributed by atoms with Gasteiger partial charge < -0.3 is 20.3 Å². The van der Waals surface area contributed by atoms with E-state index in [1.54, 1.807) is 18.2 Å². The molecular formula is C17H12Cl2N2O4. The van der Waals surface area contributed by atoms with Crippen LogP contribution < -0.4 is 10.1 Å². The van der Waals surface area contributed by atoms with Crippen LogP contribution in [0.5, 0.6) is 17.2 Å². The number of phenols is 2. The van der Waals surface area contributed by atoms with Crippen molar-refractivity contribution in [2.24, 2.45) is 0 Å². The Hall–Kier alpha value is -2.88. The first kappa shape index (κ1) is 18.5. The number of rotatable bonds is 4. The number of hydrogen-bond donors (Lipinski definition) is 3. The number of amides is 1. The molecule has 0 saturated heterocycles. The van der Waals surface area contributed by atoms with Gasteiger partial charge in [-0.25, -0.2) is 0 Å². The number of benzene rings is 2. The number of carbonyl (C=O) groups is 1. The van der Waals surface area contributed by atoms with Crippen LogP contribution in [-0.2, 0) is 4.79 Å². The van der Waals surface area contributed by atoms with Crippen LogP contribution in [-0.4, -0.2) is 23.2 Å². The third-order valence-corrected chi connectivity index (χ3v) is 3.73. The van der Waals surface area contributed by atoms with Crippen molar-refractivity contribution in [1.29, 1.82) is 5.26 Å². The number of nitrogens with one attached hydrogen (secondary N) is 1. The summed E-state index contributed by atoms with van der Waals surface area (Å²) in [6.45, 7) is 0. The molecule has 0 fully saturated rings. The lowest BCUT2D eigenvalue weighted by Crippen LogP contribution is -2.13. The molecule has 25 heavy (non-hydrogen) atoms. The second-order valence-electron chi connectivity index (χ2n) is 4.84. The van der Waals surface area contributed by atoms with Crippen molar-refractivity contribution in [2.75, 3.05) is 12.4 Å². The quantitative estimate of drug-likeness (QED) is 0.424. The van der Waals surface area contributed by atoms with Crippen LogP contribution in [0, 0.1) is 11.3 Å². The van der Waals surface area contributed by atoms with E-state index in [4.69, 9.17) is 27.9 Å². The molecule has 0 atom stereocenters. The maximum Gasteiger partial charge on any atom is 0.266 e. The molecule has 6 nitrogen and oxygen atoms in total. The van der Waals surface area contributed by atoms with Gasteiger partial charge in [0.1, 0.15) is 17.4 Å². The Labute approximate surface area is 153 Å². The van der Waals surface area contributed by atoms with E-state index < -0.39 is 17.4 Å². The SMILES string of the molecule is COc1ccc(NC(=O)/C(C#N)=C/c2cc(O)c(O)c(Cl)c2)cc1Cl. The zero-order valence-corrected chi connectivity index (χ0v) is 14.4. The van der Waals surface area contributed by atoms with E-state index in [2.05, 4.69) is 5.32 Å². The van der Waals surface area contributed by atoms with E-state index in [-0.39, 0.29) is 16.2 Å². The average Bonchev–Trinajstić information content (AvgIpc) is 2.57. The molecule has 0 bridgehead atoms. The normalized spacial score (nSPS) is 10.9. The number of anilines is 1. The molecule has 0 radical (unpaired) electrons. The van der Waals surface area contributed by atoms with Crippen molar-refractivity contribution in [3.8, 4) is 23.3 Å². The fourth-order valence-corrected chi connectivity index (χ4v) is 2.43. The number of hydrogen-bond acceptors (Lipinski definition) is 5. The lowest BCUT2D eigenvalue weighted by molar-refractivity contribution is -0.112. The van der Waals surface area contributed by atoms with Crippen LogP contribution in [0.15, 0.2) is 35.9 Å². The first-order valence-electron chi connectivity index (χ1n) is 6.84. The Morgan fingerprint density at radius 2 is 1.96 bits per heavy atom. The first-order chi connectivity index (χ1) is 11.8. The van der Waals surface area contributed by atoms with Crippen LogP contribution in [0.3, 0.4) is 0 Å². The number of aromatic hydroxyl groups is 2. The number of carbonyl (C=O) groups excluding carboxylic acids is 1. The summed E-state index contributed by atoms with van der Waals surface area (Å²) in [7, 11) is 1.47. The van der Waals surface area contributed by atoms with Crippen LogP contribution >= 0.6 is 23.2 Å². The van der Waals surface area contributed by atoms with Crippen LogP contribution in [0.1, 0.15) is 5.56 Å². The minimum atomic E-state index is -0.674. The Morgan fingerprint density at radius 3 is 2.52 bits per heavy atom. The van der Waals surface area contributed by atoms with E-state index in [1.807, 2.05) is 0 Å². The van der Waals surface area contributed by atoms with E-state index in [0.717, 1.165) is 0 Å². The Kier molecular flexibility index (Phi) is 5.75. The molecule has 0 saturated carbocycles. The van der Waals surface area contributed by atoms with E-state index in [9.17, 15) is 20.3 Å². The topological polar surface area (TPSA) is 103 Å². The lowest BCUT2D eigenvalue weighted by Gasteiger charge is -2.08. The van der Waals surface area contributed by atoms with Crippen molar-refractivity contribution < 1.29 is 19.7 Å². The minimum Gasteiger partial charge on any atom is -0.504 e. The molecule has 0 spiro atoms. The predicted molar refractivity (Wildman–Crippen MR) is 95.0 cm³/mol. The van der Waals surface area contributed by atoms with Crippen LogP contribution in [0.4, 0.5) is 5.69 Å². The Morgan fingerprint density at radius 1 is 1.24 bits per heavy atom. The van der Waals surface area contributed by atoms with Crippen molar-refractivity contribution in [2.45, 2.75) is 0 Å². The van der Waals surface area contributed by atoms with Crippen molar-refractivity contribution in [1.82, 2.24) is 0 Å². The highest BCUT2D eigenvalue weighted by Gasteiger charge is 2.13. The maximum absolute atomic E-state index is 12.2. The number of halogens is 2. The molecule has 2 rings (SSSR count). The van der Waals surface area contributed by atoms with E-state index in [1.165, 1.54) is 31.4 Å². The summed E-state index contributed by atoms with van der Waals surface area (Å²) in [5.74, 6) is -1.16. The van der Waals surface area contributed by atoms with Crippen LogP contribution in [0.2, 0.25) is 10.0 Å². The summed E-state index contributed by atoms with van der Waals surface area (Å²) in [6, 6.07) is 8.88. The summed E-state index contributed by atoms with van der Waals surface area (Å²) in [5, 5.41) is 30.9. The summed E-state index contributed by atoms with van der Waals surface area (Å²) in [4.78, 5) is 12.2. The Bertz CT molecular complexity index is 881. The molecule has 0 unspecified atom stereocenters. The molecule has 0 aromatic heterocycles. The van der Waals surface area contributed by atoms with Crippen molar-refractivity contribution in [3.63, 3.8) is 0 Å². The molecule has 0 aliphatic heterocycles. The standard InChI is InChI=1S/C17H12Cl2N2O4/c1-25-15-3-2-11(7-12(15)18)21-17(24)10(8-20)4-9-5-13(19)16(23)14(22)6-9/h2-7,22-23H,1H3,(H,21,24)/b10-4+. The van der Waals surface area contributed by atoms with Gasteiger partial charge in [-0.3, -0.25) is 4.79 Å². The summed E-state index contributed by atoms with van der Waals surface area (Å²) < 4.78 is 5.02. The number of nitriles is 1. The molecule has 1 amide bonds. The highest BCUT2D eigenvalue weighted by molar-refractivity contribution is 6.32. The molecule has 3 N–H and O–H groups in total. The van der Waals surface area contributed by atoms with Gasteiger partial charge in [-0.15, -0.1) is 0 Å². The van der Waals surface area contributed by atoms with Gasteiger partial charge in [-0.2, -0.15) is 5.26 Å². The smallest absolute Gasteiger partial charge is 0.266 e. The first-order valence-corrected chi connectivity index (χ1v) is 7.59. The number of ether oxygens (including phenoxy) is 1. The number of methoxy groups -OCH3 is 1. The monoisotopic (exact) mass is 378 g/mol. The molecule has 0 aliphatic carbocycles. The zero-order chi connectivity index (χ0) is 18.6. The maximum atomic E-state index is 12.2. The van der Waals surface area contributed by atoms with Gasteiger partial charge in [0.2, 0.25) is 0 Å². The van der Waals surface area contributed by atoms with Gasteiger partial charge in [0, 0.05) is 5.69 Å². The largest absolute Gasteiger partial charge is 0.504 e. The highest BCUT2D eigenvalue weighted by atomic mass is 35.5. The van der Waals surface area contributed by atoms with Gasteiger partial charge in [-0.1, -0.05) is 23.2 Å². The van der Waals surface area contributed by atoms with Gasteiger partial charge in [0.05, 0.1) is 17.2 Å². The highest BCUT2D eigenvalue weighted by Crippen LogP contribution is 2.34. The fraction of sp³-hybridized carbons (Fsp3) is 0.0588. The summed E-state index contributed by atoms with van der Waals surface area (Å²) in [6.07, 6.45) is 1.23. The van der Waals surface area contributed by atoms with Crippen molar-refractivity contribution in [3.05, 3.63) is 51.5 Å². The van der Waals surface area contributed by atoms with Gasteiger partial charge in [0.25, 0.3) is 5.91 Å². The van der Waals surface area contributed by atoms with Crippen LogP contribution in [0.25, 0.3) is 6.08 Å². The Balaban J connectivity index is 2.27. The van der Waals surface area contributed by atoms with Gasteiger partial charge in [-0.05, 0) is 42.0 Å². The molecule has 2 aromatic rings. The second-order valence-corrected chi connectivity index (χ2v) is 5.66. The summed E-state index contributed by atoms with van der Waals surface area (Å²) in [5.41, 5.74) is 0.427. The number of nitrogens with zero attached hydrogens (tertiary/aromatic N) is 1. The molecule has 2 aromatic carbocycles. The minimum absolute atomic E-state index is 0.106. The van der Waals surface area contributed by atoms with Gasteiger partial charge in [0.15, 0.2) is 11.5 Å². The molecule has 0 aliphatic rings. The lowest BCUT2D eigenvalue weighted by atomic mass is 10.1. The van der Waals surface area contributed by atoms with Gasteiger partial charge >= 0.3 is 0 Å². The molecule has 8 heteroatoms. The third kappa shape index (κ3) is 4.35. The number of phenolic OH excluding ortho intramolecular Hbond substituents is 2. The molecule has 128 valence electrons. The van der Waals surface area contributed by atoms with Crippen molar-refractivity contribution >= 4 is 40.9 Å². The van der Waals surface area contributed by atoms with E-state index >= 15 is 0 Å². The zero-order valence-electron chi connectivity index (χ0n) is 12.9. The fourth-order valence-electron chi connectivity index (χ4n) is 1.95. The average molecular weight is 379 g/mol. The third-order valence-electron chi connectivity index (χ3n) is 3.15. The second kappa shape index (κ2) is 7.79. The molecule has 0 heterocycles. The molecular weight excluding hydrogens is 367 g/mol.